The van der Waals surface area contributed by atoms with Crippen molar-refractivity contribution < 1.29 is 0 Å². The summed E-state index contributed by atoms with van der Waals surface area (Å²) in [5.74, 6) is 0.911. The lowest BCUT2D eigenvalue weighted by Gasteiger charge is -2.31. The first kappa shape index (κ1) is 15.0. The first-order chi connectivity index (χ1) is 6.95. The average molecular weight is 213 g/mol. The molecule has 0 aliphatic rings. The Morgan fingerprint density at radius 1 is 1.00 bits per heavy atom. The van der Waals surface area contributed by atoms with E-state index in [-0.39, 0.29) is 0 Å². The minimum Gasteiger partial charge on any atom is -0.315 e. The Labute approximate surface area is 97.0 Å². The molecule has 0 saturated carbocycles. The van der Waals surface area contributed by atoms with E-state index in [0.717, 1.165) is 12.5 Å². The Hall–Kier alpha value is -0.0400. The van der Waals surface area contributed by atoms with Gasteiger partial charge in [-0.1, -0.05) is 47.5 Å². The van der Waals surface area contributed by atoms with Gasteiger partial charge < -0.3 is 5.32 Å². The van der Waals surface area contributed by atoms with Gasteiger partial charge in [-0.15, -0.1) is 0 Å². The average Bonchev–Trinajstić information content (AvgIpc) is 2.13. The molecule has 1 unspecified atom stereocenters. The van der Waals surface area contributed by atoms with E-state index in [1.54, 1.807) is 0 Å². The van der Waals surface area contributed by atoms with E-state index in [1.807, 2.05) is 0 Å². The zero-order valence-electron chi connectivity index (χ0n) is 11.7. The van der Waals surface area contributed by atoms with Crippen molar-refractivity contribution in [2.24, 2.45) is 11.3 Å². The zero-order valence-corrected chi connectivity index (χ0v) is 11.7. The van der Waals surface area contributed by atoms with Crippen molar-refractivity contribution in [2.45, 2.75) is 73.3 Å². The van der Waals surface area contributed by atoms with E-state index in [2.05, 4.69) is 46.9 Å². The van der Waals surface area contributed by atoms with Crippen LogP contribution in [0.25, 0.3) is 0 Å². The SMILES string of the molecule is CCNC(C)CC(C)(C)CC(CC)CC. The Morgan fingerprint density at radius 3 is 1.93 bits per heavy atom. The van der Waals surface area contributed by atoms with Gasteiger partial charge >= 0.3 is 0 Å². The summed E-state index contributed by atoms with van der Waals surface area (Å²) < 4.78 is 0. The molecular formula is C14H31N. The molecule has 0 aromatic heterocycles. The van der Waals surface area contributed by atoms with Gasteiger partial charge in [0.15, 0.2) is 0 Å². The van der Waals surface area contributed by atoms with E-state index in [0.29, 0.717) is 11.5 Å². The second kappa shape index (κ2) is 7.27. The summed E-state index contributed by atoms with van der Waals surface area (Å²) in [6, 6.07) is 0.652. The monoisotopic (exact) mass is 213 g/mol. The summed E-state index contributed by atoms with van der Waals surface area (Å²) in [6.45, 7) is 15.0. The third-order valence-corrected chi connectivity index (χ3v) is 3.41. The highest BCUT2D eigenvalue weighted by Crippen LogP contribution is 2.33. The van der Waals surface area contributed by atoms with Gasteiger partial charge in [0.1, 0.15) is 0 Å². The van der Waals surface area contributed by atoms with Gasteiger partial charge in [-0.2, -0.15) is 0 Å². The quantitative estimate of drug-likeness (QED) is 0.636. The summed E-state index contributed by atoms with van der Waals surface area (Å²) in [4.78, 5) is 0. The first-order valence-corrected chi connectivity index (χ1v) is 6.68. The standard InChI is InChI=1S/C14H31N/c1-7-13(8-2)11-14(5,6)10-12(4)15-9-3/h12-13,15H,7-11H2,1-6H3. The summed E-state index contributed by atoms with van der Waals surface area (Å²) >= 11 is 0. The summed E-state index contributed by atoms with van der Waals surface area (Å²) in [7, 11) is 0. The predicted octanol–water partition coefficient (Wildman–Crippen LogP) is 4.23. The van der Waals surface area contributed by atoms with E-state index < -0.39 is 0 Å². The van der Waals surface area contributed by atoms with Gasteiger partial charge in [-0.05, 0) is 37.6 Å². The van der Waals surface area contributed by atoms with E-state index in [9.17, 15) is 0 Å². The maximum atomic E-state index is 3.51. The molecule has 1 nitrogen and oxygen atoms in total. The van der Waals surface area contributed by atoms with Crippen LogP contribution in [0.5, 0.6) is 0 Å². The minimum atomic E-state index is 0.484. The molecule has 0 aromatic carbocycles. The topological polar surface area (TPSA) is 12.0 Å². The molecule has 1 N–H and O–H groups in total. The summed E-state index contributed by atoms with van der Waals surface area (Å²) in [5.41, 5.74) is 0.484. The van der Waals surface area contributed by atoms with Crippen LogP contribution in [-0.2, 0) is 0 Å². The van der Waals surface area contributed by atoms with Crippen molar-refractivity contribution in [3.63, 3.8) is 0 Å². The molecule has 1 heteroatoms. The van der Waals surface area contributed by atoms with Crippen molar-refractivity contribution in [1.82, 2.24) is 5.32 Å². The smallest absolute Gasteiger partial charge is 0.00436 e. The lowest BCUT2D eigenvalue weighted by atomic mass is 9.76. The molecule has 1 atom stereocenters. The maximum Gasteiger partial charge on any atom is 0.00436 e. The number of rotatable bonds is 8. The van der Waals surface area contributed by atoms with Crippen LogP contribution in [0.1, 0.15) is 67.2 Å². The Kier molecular flexibility index (Phi) is 7.25. The molecule has 0 spiro atoms. The first-order valence-electron chi connectivity index (χ1n) is 6.68. The molecule has 0 saturated heterocycles. The van der Waals surface area contributed by atoms with Gasteiger partial charge in [-0.25, -0.2) is 0 Å². The zero-order chi connectivity index (χ0) is 11.9. The van der Waals surface area contributed by atoms with Gasteiger partial charge in [0.2, 0.25) is 0 Å². The Bertz CT molecular complexity index is 147. The van der Waals surface area contributed by atoms with Crippen LogP contribution in [-0.4, -0.2) is 12.6 Å². The third-order valence-electron chi connectivity index (χ3n) is 3.41. The van der Waals surface area contributed by atoms with E-state index in [4.69, 9.17) is 0 Å². The van der Waals surface area contributed by atoms with Gasteiger partial charge in [0, 0.05) is 6.04 Å². The molecular weight excluding hydrogens is 182 g/mol. The Morgan fingerprint density at radius 2 is 1.53 bits per heavy atom. The van der Waals surface area contributed by atoms with Crippen LogP contribution in [0.15, 0.2) is 0 Å². The lowest BCUT2D eigenvalue weighted by molar-refractivity contribution is 0.216. The normalized spacial score (nSPS) is 14.6. The van der Waals surface area contributed by atoms with Crippen molar-refractivity contribution >= 4 is 0 Å². The molecule has 92 valence electrons. The van der Waals surface area contributed by atoms with Gasteiger partial charge in [0.25, 0.3) is 0 Å². The number of hydrogen-bond donors (Lipinski definition) is 1. The highest BCUT2D eigenvalue weighted by molar-refractivity contribution is 4.77. The van der Waals surface area contributed by atoms with Crippen LogP contribution >= 0.6 is 0 Å². The second-order valence-electron chi connectivity index (χ2n) is 5.71. The molecule has 0 aliphatic heterocycles. The highest BCUT2D eigenvalue weighted by atomic mass is 14.9. The number of nitrogens with one attached hydrogen (secondary N) is 1. The van der Waals surface area contributed by atoms with Crippen LogP contribution in [0, 0.1) is 11.3 Å². The van der Waals surface area contributed by atoms with Crippen molar-refractivity contribution in [2.75, 3.05) is 6.54 Å². The van der Waals surface area contributed by atoms with Crippen molar-refractivity contribution in [1.29, 1.82) is 0 Å². The fourth-order valence-electron chi connectivity index (χ4n) is 2.69. The van der Waals surface area contributed by atoms with Gasteiger partial charge in [0.05, 0.1) is 0 Å². The minimum absolute atomic E-state index is 0.484. The largest absolute Gasteiger partial charge is 0.315 e. The fourth-order valence-corrected chi connectivity index (χ4v) is 2.69. The maximum absolute atomic E-state index is 3.51. The molecule has 0 aliphatic carbocycles. The lowest BCUT2D eigenvalue weighted by Crippen LogP contribution is -2.32. The van der Waals surface area contributed by atoms with Crippen molar-refractivity contribution in [3.05, 3.63) is 0 Å². The van der Waals surface area contributed by atoms with Gasteiger partial charge in [-0.3, -0.25) is 0 Å². The fraction of sp³-hybridized carbons (Fsp3) is 1.00. The second-order valence-corrected chi connectivity index (χ2v) is 5.71. The molecule has 0 bridgehead atoms. The molecule has 0 radical (unpaired) electrons. The molecule has 0 heterocycles. The molecule has 0 rings (SSSR count). The summed E-state index contributed by atoms with van der Waals surface area (Å²) in [6.07, 6.45) is 5.32. The van der Waals surface area contributed by atoms with Crippen molar-refractivity contribution in [3.8, 4) is 0 Å². The van der Waals surface area contributed by atoms with E-state index in [1.165, 1.54) is 25.7 Å². The predicted molar refractivity (Wildman–Crippen MR) is 70.2 cm³/mol. The molecule has 0 fully saturated rings. The molecule has 0 aromatic rings. The van der Waals surface area contributed by atoms with Crippen LogP contribution in [0.3, 0.4) is 0 Å². The molecule has 0 amide bonds. The third kappa shape index (κ3) is 6.94. The highest BCUT2D eigenvalue weighted by Gasteiger charge is 2.23. The Balaban J connectivity index is 4.04. The molecule has 15 heavy (non-hydrogen) atoms. The van der Waals surface area contributed by atoms with Crippen LogP contribution < -0.4 is 5.32 Å². The number of hydrogen-bond acceptors (Lipinski definition) is 1. The van der Waals surface area contributed by atoms with E-state index >= 15 is 0 Å². The van der Waals surface area contributed by atoms with Crippen LogP contribution in [0.4, 0.5) is 0 Å². The summed E-state index contributed by atoms with van der Waals surface area (Å²) in [5, 5.41) is 3.51. The van der Waals surface area contributed by atoms with Crippen LogP contribution in [0.2, 0.25) is 0 Å².